The van der Waals surface area contributed by atoms with Crippen LogP contribution in [-0.4, -0.2) is 29.2 Å². The summed E-state index contributed by atoms with van der Waals surface area (Å²) in [5.74, 6) is -0.681. The number of pyridine rings is 1. The van der Waals surface area contributed by atoms with Crippen LogP contribution in [0, 0.1) is 0 Å². The van der Waals surface area contributed by atoms with Crippen molar-refractivity contribution in [3.05, 3.63) is 30.1 Å². The monoisotopic (exact) mass is 316 g/mol. The van der Waals surface area contributed by atoms with Gasteiger partial charge in [-0.15, -0.1) is 0 Å². The summed E-state index contributed by atoms with van der Waals surface area (Å²) in [6.07, 6.45) is -1.06. The number of nitrogens with zero attached hydrogens (tertiary/aromatic N) is 1. The van der Waals surface area contributed by atoms with Crippen molar-refractivity contribution in [2.45, 2.75) is 50.5 Å². The lowest BCUT2D eigenvalue weighted by Crippen LogP contribution is -2.47. The van der Waals surface area contributed by atoms with Crippen LogP contribution in [0.2, 0.25) is 0 Å². The van der Waals surface area contributed by atoms with E-state index in [-0.39, 0.29) is 11.7 Å². The predicted octanol–water partition coefficient (Wildman–Crippen LogP) is 1.84. The Morgan fingerprint density at radius 1 is 1.45 bits per heavy atom. The normalized spacial score (nSPS) is 23.3. The molecule has 1 fully saturated rings. The zero-order valence-electron chi connectivity index (χ0n) is 12.2. The van der Waals surface area contributed by atoms with Crippen LogP contribution in [0.15, 0.2) is 24.4 Å². The molecule has 8 heteroatoms. The molecule has 22 heavy (non-hydrogen) atoms. The number of alkyl halides is 3. The van der Waals surface area contributed by atoms with E-state index in [4.69, 9.17) is 0 Å². The molecule has 3 atom stereocenters. The highest BCUT2D eigenvalue weighted by molar-refractivity contribution is 5.82. The number of carbonyl (C=O) groups excluding carboxylic acids is 1. The SMILES string of the molecule is CCCC1CC(C(=O)NC(c2ccccn2)C(F)(F)F)NN1. The van der Waals surface area contributed by atoms with E-state index in [1.54, 1.807) is 0 Å². The first-order chi connectivity index (χ1) is 10.4. The maximum absolute atomic E-state index is 13.2. The van der Waals surface area contributed by atoms with E-state index in [1.165, 1.54) is 24.4 Å². The summed E-state index contributed by atoms with van der Waals surface area (Å²) in [5, 5.41) is 2.05. The summed E-state index contributed by atoms with van der Waals surface area (Å²) >= 11 is 0. The molecule has 2 heterocycles. The topological polar surface area (TPSA) is 66.0 Å². The molecule has 2 rings (SSSR count). The smallest absolute Gasteiger partial charge is 0.338 e. The molecular formula is C14H19F3N4O. The molecule has 0 aliphatic carbocycles. The van der Waals surface area contributed by atoms with E-state index >= 15 is 0 Å². The minimum atomic E-state index is -4.60. The van der Waals surface area contributed by atoms with Crippen LogP contribution in [0.4, 0.5) is 13.2 Å². The third-order valence-corrected chi connectivity index (χ3v) is 3.53. The summed E-state index contributed by atoms with van der Waals surface area (Å²) < 4.78 is 39.5. The summed E-state index contributed by atoms with van der Waals surface area (Å²) in [6.45, 7) is 2.01. The summed E-state index contributed by atoms with van der Waals surface area (Å²) in [4.78, 5) is 15.8. The molecule has 1 amide bonds. The first-order valence-corrected chi connectivity index (χ1v) is 7.21. The van der Waals surface area contributed by atoms with Crippen molar-refractivity contribution in [3.63, 3.8) is 0 Å². The molecule has 0 saturated carbocycles. The fourth-order valence-electron chi connectivity index (χ4n) is 2.44. The maximum atomic E-state index is 13.2. The maximum Gasteiger partial charge on any atom is 0.414 e. The van der Waals surface area contributed by atoms with Gasteiger partial charge >= 0.3 is 6.18 Å². The lowest BCUT2D eigenvalue weighted by Gasteiger charge is -2.22. The second kappa shape index (κ2) is 7.06. The molecule has 0 aromatic carbocycles. The number of hydrazine groups is 1. The molecule has 5 nitrogen and oxygen atoms in total. The van der Waals surface area contributed by atoms with Gasteiger partial charge in [-0.25, -0.2) is 5.43 Å². The van der Waals surface area contributed by atoms with Crippen molar-refractivity contribution >= 4 is 5.91 Å². The lowest BCUT2D eigenvalue weighted by molar-refractivity contribution is -0.164. The van der Waals surface area contributed by atoms with Crippen molar-refractivity contribution < 1.29 is 18.0 Å². The number of aromatic nitrogens is 1. The highest BCUT2D eigenvalue weighted by Crippen LogP contribution is 2.31. The Hall–Kier alpha value is -1.67. The largest absolute Gasteiger partial charge is 0.414 e. The Bertz CT molecular complexity index is 495. The molecule has 1 aromatic rings. The second-order valence-electron chi connectivity index (χ2n) is 5.30. The predicted molar refractivity (Wildman–Crippen MR) is 74.5 cm³/mol. The molecular weight excluding hydrogens is 297 g/mol. The van der Waals surface area contributed by atoms with E-state index < -0.39 is 24.2 Å². The van der Waals surface area contributed by atoms with Crippen LogP contribution in [0.1, 0.15) is 37.9 Å². The van der Waals surface area contributed by atoms with Gasteiger partial charge in [0.05, 0.1) is 5.69 Å². The van der Waals surface area contributed by atoms with E-state index in [0.29, 0.717) is 6.42 Å². The van der Waals surface area contributed by atoms with Crippen LogP contribution in [0.3, 0.4) is 0 Å². The summed E-state index contributed by atoms with van der Waals surface area (Å²) in [7, 11) is 0. The van der Waals surface area contributed by atoms with Gasteiger partial charge in [0.25, 0.3) is 0 Å². The molecule has 1 aliphatic rings. The van der Waals surface area contributed by atoms with Crippen molar-refractivity contribution in [2.75, 3.05) is 0 Å². The third kappa shape index (κ3) is 4.17. The first-order valence-electron chi connectivity index (χ1n) is 7.21. The summed E-state index contributed by atoms with van der Waals surface area (Å²) in [6, 6.07) is 1.55. The van der Waals surface area contributed by atoms with Gasteiger partial charge in [0.2, 0.25) is 5.91 Å². The Morgan fingerprint density at radius 3 is 2.82 bits per heavy atom. The second-order valence-corrected chi connectivity index (χ2v) is 5.30. The average molecular weight is 316 g/mol. The zero-order chi connectivity index (χ0) is 16.2. The van der Waals surface area contributed by atoms with Crippen molar-refractivity contribution in [1.82, 2.24) is 21.2 Å². The van der Waals surface area contributed by atoms with Gasteiger partial charge < -0.3 is 5.32 Å². The summed E-state index contributed by atoms with van der Waals surface area (Å²) in [5.41, 5.74) is 5.46. The average Bonchev–Trinajstić information content (AvgIpc) is 2.93. The molecule has 0 radical (unpaired) electrons. The van der Waals surface area contributed by atoms with Crippen LogP contribution in [-0.2, 0) is 4.79 Å². The Morgan fingerprint density at radius 2 is 2.23 bits per heavy atom. The number of carbonyl (C=O) groups is 1. The van der Waals surface area contributed by atoms with Gasteiger partial charge in [-0.3, -0.25) is 15.2 Å². The minimum Gasteiger partial charge on any atom is -0.338 e. The molecule has 0 spiro atoms. The van der Waals surface area contributed by atoms with Gasteiger partial charge in [-0.1, -0.05) is 19.4 Å². The van der Waals surface area contributed by atoms with E-state index in [0.717, 1.165) is 12.8 Å². The van der Waals surface area contributed by atoms with Gasteiger partial charge in [0.15, 0.2) is 6.04 Å². The number of hydrogen-bond acceptors (Lipinski definition) is 4. The number of halogens is 3. The molecule has 1 aliphatic heterocycles. The van der Waals surface area contributed by atoms with Gasteiger partial charge in [0, 0.05) is 12.2 Å². The van der Waals surface area contributed by atoms with Gasteiger partial charge in [-0.05, 0) is 25.0 Å². The highest BCUT2D eigenvalue weighted by Gasteiger charge is 2.44. The van der Waals surface area contributed by atoms with Gasteiger partial charge in [0.1, 0.15) is 6.04 Å². The van der Waals surface area contributed by atoms with Crippen LogP contribution in [0.5, 0.6) is 0 Å². The van der Waals surface area contributed by atoms with Crippen molar-refractivity contribution in [1.29, 1.82) is 0 Å². The number of amides is 1. The van der Waals surface area contributed by atoms with Crippen molar-refractivity contribution in [3.8, 4) is 0 Å². The van der Waals surface area contributed by atoms with E-state index in [2.05, 4.69) is 15.8 Å². The van der Waals surface area contributed by atoms with E-state index in [1.807, 2.05) is 12.2 Å². The minimum absolute atomic E-state index is 0.0972. The highest BCUT2D eigenvalue weighted by atomic mass is 19.4. The van der Waals surface area contributed by atoms with Crippen LogP contribution >= 0.6 is 0 Å². The number of rotatable bonds is 5. The number of hydrogen-bond donors (Lipinski definition) is 3. The van der Waals surface area contributed by atoms with Gasteiger partial charge in [-0.2, -0.15) is 13.2 Å². The Labute approximate surface area is 126 Å². The molecule has 1 aromatic heterocycles. The molecule has 3 unspecified atom stereocenters. The zero-order valence-corrected chi connectivity index (χ0v) is 12.2. The van der Waals surface area contributed by atoms with Crippen molar-refractivity contribution in [2.24, 2.45) is 0 Å². The Balaban J connectivity index is 2.04. The van der Waals surface area contributed by atoms with Crippen LogP contribution < -0.4 is 16.2 Å². The lowest BCUT2D eigenvalue weighted by atomic mass is 10.0. The first kappa shape index (κ1) is 16.7. The van der Waals surface area contributed by atoms with Crippen LogP contribution in [0.25, 0.3) is 0 Å². The molecule has 1 saturated heterocycles. The third-order valence-electron chi connectivity index (χ3n) is 3.53. The van der Waals surface area contributed by atoms with E-state index in [9.17, 15) is 18.0 Å². The molecule has 3 N–H and O–H groups in total. The standard InChI is InChI=1S/C14H19F3N4O/c1-2-5-9-8-11(21-20-9)13(22)19-12(14(15,16)17)10-6-3-4-7-18-10/h3-4,6-7,9,11-12,20-21H,2,5,8H2,1H3,(H,19,22). The molecule has 122 valence electrons. The number of nitrogens with one attached hydrogen (secondary N) is 3. The fraction of sp³-hybridized carbons (Fsp3) is 0.571. The Kier molecular flexibility index (Phi) is 5.36. The fourth-order valence-corrected chi connectivity index (χ4v) is 2.44. The quantitative estimate of drug-likeness (QED) is 0.775. The molecule has 0 bridgehead atoms.